The zero-order valence-electron chi connectivity index (χ0n) is 24.3. The summed E-state index contributed by atoms with van der Waals surface area (Å²) in [7, 11) is 0. The van der Waals surface area contributed by atoms with E-state index in [0.29, 0.717) is 6.42 Å². The first-order chi connectivity index (χ1) is 20.3. The summed E-state index contributed by atoms with van der Waals surface area (Å²) in [5.74, 6) is -5.24. The maximum Gasteiger partial charge on any atom is 0.326 e. The second-order valence-electron chi connectivity index (χ2n) is 10.4. The Hall–Kier alpha value is -4.66. The third kappa shape index (κ3) is 10.9. The van der Waals surface area contributed by atoms with E-state index in [0.717, 1.165) is 16.5 Å². The molecule has 0 aliphatic rings. The van der Waals surface area contributed by atoms with Crippen molar-refractivity contribution in [2.45, 2.75) is 76.5 Å². The van der Waals surface area contributed by atoms with Crippen LogP contribution < -0.4 is 33.2 Å². The van der Waals surface area contributed by atoms with Gasteiger partial charge in [-0.25, -0.2) is 4.79 Å². The number of aliphatic carboxylic acids is 2. The Balaban J connectivity index is 2.14. The van der Waals surface area contributed by atoms with Gasteiger partial charge in [0.05, 0.1) is 6.04 Å². The van der Waals surface area contributed by atoms with Gasteiger partial charge in [0.1, 0.15) is 18.1 Å². The predicted molar refractivity (Wildman–Crippen MR) is 160 cm³/mol. The van der Waals surface area contributed by atoms with Crippen molar-refractivity contribution in [3.63, 3.8) is 0 Å². The molecule has 0 fully saturated rings. The number of carbonyl (C=O) groups is 5. The SMILES string of the molecule is CCC(C)C(NC(=O)C(CCC(=O)O)NC(=O)C(N)Cc1c[nH]c2ccccc12)C(=O)NC(CCCN=C(N)N)C(=O)O. The van der Waals surface area contributed by atoms with Crippen LogP contribution in [0.4, 0.5) is 0 Å². The molecule has 236 valence electrons. The van der Waals surface area contributed by atoms with Gasteiger partial charge in [-0.05, 0) is 43.2 Å². The van der Waals surface area contributed by atoms with Crippen LogP contribution in [0.5, 0.6) is 0 Å². The highest BCUT2D eigenvalue weighted by molar-refractivity contribution is 5.94. The van der Waals surface area contributed by atoms with E-state index in [1.807, 2.05) is 24.3 Å². The Morgan fingerprint density at radius 3 is 2.26 bits per heavy atom. The average Bonchev–Trinajstić information content (AvgIpc) is 3.36. The molecule has 0 saturated carbocycles. The van der Waals surface area contributed by atoms with Crippen molar-refractivity contribution in [1.29, 1.82) is 0 Å². The quantitative estimate of drug-likeness (QED) is 0.0602. The van der Waals surface area contributed by atoms with Crippen LogP contribution in [0.3, 0.4) is 0 Å². The number of nitrogens with two attached hydrogens (primary N) is 3. The van der Waals surface area contributed by atoms with Gasteiger partial charge in [-0.2, -0.15) is 0 Å². The van der Waals surface area contributed by atoms with Crippen LogP contribution in [0.15, 0.2) is 35.5 Å². The lowest BCUT2D eigenvalue weighted by atomic mass is 9.96. The molecule has 0 spiro atoms. The van der Waals surface area contributed by atoms with Gasteiger partial charge < -0.3 is 48.3 Å². The number of hydrogen-bond donors (Lipinski definition) is 9. The number of carboxylic acids is 2. The number of nitrogens with zero attached hydrogens (tertiary/aromatic N) is 1. The highest BCUT2D eigenvalue weighted by Crippen LogP contribution is 2.19. The molecule has 1 heterocycles. The number of carbonyl (C=O) groups excluding carboxylic acids is 3. The average molecular weight is 603 g/mol. The largest absolute Gasteiger partial charge is 0.481 e. The van der Waals surface area contributed by atoms with Gasteiger partial charge in [0.2, 0.25) is 17.7 Å². The summed E-state index contributed by atoms with van der Waals surface area (Å²) < 4.78 is 0. The van der Waals surface area contributed by atoms with Crippen molar-refractivity contribution < 1.29 is 34.2 Å². The minimum absolute atomic E-state index is 0.0324. The van der Waals surface area contributed by atoms with E-state index in [-0.39, 0.29) is 38.2 Å². The molecule has 5 atom stereocenters. The third-order valence-corrected chi connectivity index (χ3v) is 7.08. The van der Waals surface area contributed by atoms with Crippen molar-refractivity contribution >= 4 is 46.5 Å². The van der Waals surface area contributed by atoms with Crippen molar-refractivity contribution in [2.75, 3.05) is 6.54 Å². The topological polar surface area (TPSA) is 268 Å². The molecule has 1 aromatic carbocycles. The first kappa shape index (κ1) is 34.5. The van der Waals surface area contributed by atoms with E-state index >= 15 is 0 Å². The number of aromatic nitrogens is 1. The minimum Gasteiger partial charge on any atom is -0.481 e. The van der Waals surface area contributed by atoms with Crippen LogP contribution in [0.25, 0.3) is 10.9 Å². The molecule has 3 amide bonds. The first-order valence-electron chi connectivity index (χ1n) is 14.1. The van der Waals surface area contributed by atoms with Crippen molar-refractivity contribution in [1.82, 2.24) is 20.9 Å². The number of rotatable bonds is 18. The van der Waals surface area contributed by atoms with Gasteiger partial charge in [0.25, 0.3) is 0 Å². The van der Waals surface area contributed by atoms with Gasteiger partial charge in [0, 0.05) is 30.1 Å². The number of fused-ring (bicyclic) bond motifs is 1. The zero-order chi connectivity index (χ0) is 32.1. The van der Waals surface area contributed by atoms with Crippen molar-refractivity contribution in [3.05, 3.63) is 36.0 Å². The van der Waals surface area contributed by atoms with E-state index in [9.17, 15) is 34.2 Å². The molecule has 1 aromatic heterocycles. The summed E-state index contributed by atoms with van der Waals surface area (Å²) in [6.07, 6.45) is 1.95. The molecule has 43 heavy (non-hydrogen) atoms. The second-order valence-corrected chi connectivity index (χ2v) is 10.4. The predicted octanol–water partition coefficient (Wildman–Crippen LogP) is -0.459. The molecular formula is C28H42N8O7. The second kappa shape index (κ2) is 16.7. The molecule has 0 aliphatic carbocycles. The first-order valence-corrected chi connectivity index (χ1v) is 14.1. The van der Waals surface area contributed by atoms with Gasteiger partial charge in [-0.1, -0.05) is 38.5 Å². The number of H-pyrrole nitrogens is 1. The lowest BCUT2D eigenvalue weighted by molar-refractivity contribution is -0.143. The van der Waals surface area contributed by atoms with Gasteiger partial charge >= 0.3 is 11.9 Å². The van der Waals surface area contributed by atoms with Gasteiger partial charge in [0.15, 0.2) is 5.96 Å². The van der Waals surface area contributed by atoms with Crippen molar-refractivity contribution in [2.24, 2.45) is 28.1 Å². The number of hydrogen-bond acceptors (Lipinski definition) is 7. The molecule has 5 unspecified atom stereocenters. The maximum absolute atomic E-state index is 13.3. The van der Waals surface area contributed by atoms with E-state index in [4.69, 9.17) is 17.2 Å². The van der Waals surface area contributed by atoms with Crippen molar-refractivity contribution in [3.8, 4) is 0 Å². The summed E-state index contributed by atoms with van der Waals surface area (Å²) >= 11 is 0. The van der Waals surface area contributed by atoms with Gasteiger partial charge in [-0.3, -0.25) is 24.2 Å². The molecule has 2 aromatic rings. The Labute approximate surface area is 249 Å². The molecule has 15 nitrogen and oxygen atoms in total. The highest BCUT2D eigenvalue weighted by Gasteiger charge is 2.33. The number of amides is 3. The normalized spacial score (nSPS) is 14.5. The number of para-hydroxylation sites is 1. The maximum atomic E-state index is 13.3. The molecule has 15 heteroatoms. The van der Waals surface area contributed by atoms with Gasteiger partial charge in [-0.15, -0.1) is 0 Å². The molecular weight excluding hydrogens is 560 g/mol. The fraction of sp³-hybridized carbons (Fsp3) is 0.500. The molecule has 0 aliphatic heterocycles. The third-order valence-electron chi connectivity index (χ3n) is 7.08. The fourth-order valence-electron chi connectivity index (χ4n) is 4.42. The summed E-state index contributed by atoms with van der Waals surface area (Å²) in [4.78, 5) is 69.5. The van der Waals surface area contributed by atoms with E-state index < -0.39 is 66.2 Å². The van der Waals surface area contributed by atoms with Crippen LogP contribution in [-0.2, 0) is 30.4 Å². The number of nitrogens with one attached hydrogen (secondary N) is 4. The van der Waals surface area contributed by atoms with Crippen LogP contribution in [-0.4, -0.2) is 81.5 Å². The smallest absolute Gasteiger partial charge is 0.326 e. The number of carboxylic acid groups (broad SMARTS) is 2. The number of guanidine groups is 1. The Bertz CT molecular complexity index is 1310. The molecule has 2 rings (SSSR count). The number of aromatic amines is 1. The summed E-state index contributed by atoms with van der Waals surface area (Å²) in [6, 6.07) is 2.68. The highest BCUT2D eigenvalue weighted by atomic mass is 16.4. The number of aliphatic imine (C=N–C) groups is 1. The minimum atomic E-state index is -1.31. The summed E-state index contributed by atoms with van der Waals surface area (Å²) in [5.41, 5.74) is 18.4. The Morgan fingerprint density at radius 2 is 1.63 bits per heavy atom. The molecule has 12 N–H and O–H groups in total. The van der Waals surface area contributed by atoms with E-state index in [1.165, 1.54) is 0 Å². The molecule has 0 bridgehead atoms. The lowest BCUT2D eigenvalue weighted by Gasteiger charge is -2.28. The molecule has 0 radical (unpaired) electrons. The monoisotopic (exact) mass is 602 g/mol. The zero-order valence-corrected chi connectivity index (χ0v) is 24.3. The fourth-order valence-corrected chi connectivity index (χ4v) is 4.42. The lowest BCUT2D eigenvalue weighted by Crippen LogP contribution is -2.58. The van der Waals surface area contributed by atoms with Crippen LogP contribution >= 0.6 is 0 Å². The standard InChI is InChI=1S/C28H42N8O7/c1-3-15(2)23(26(41)35-21(27(42)43)9-6-12-32-28(30)31)36-25(40)20(10-11-22(37)38)34-24(39)18(29)13-16-14-33-19-8-5-4-7-17(16)19/h4-5,7-8,14-15,18,20-21,23,33H,3,6,9-13,29H2,1-2H3,(H,34,39)(H,35,41)(H,36,40)(H,37,38)(H,42,43)(H4,30,31,32). The van der Waals surface area contributed by atoms with E-state index in [2.05, 4.69) is 25.9 Å². The van der Waals surface area contributed by atoms with Crippen LogP contribution in [0.2, 0.25) is 0 Å². The number of benzene rings is 1. The Morgan fingerprint density at radius 1 is 0.953 bits per heavy atom. The van der Waals surface area contributed by atoms with E-state index in [1.54, 1.807) is 20.0 Å². The summed E-state index contributed by atoms with van der Waals surface area (Å²) in [6.45, 7) is 3.65. The van der Waals surface area contributed by atoms with Crippen LogP contribution in [0, 0.1) is 5.92 Å². The van der Waals surface area contributed by atoms with Crippen LogP contribution in [0.1, 0.15) is 51.5 Å². The Kier molecular flexibility index (Phi) is 13.4. The summed E-state index contributed by atoms with van der Waals surface area (Å²) in [5, 5.41) is 27.3. The molecule has 0 saturated heterocycles.